The third kappa shape index (κ3) is 3.80. The summed E-state index contributed by atoms with van der Waals surface area (Å²) in [4.78, 5) is 11.9. The van der Waals surface area contributed by atoms with Gasteiger partial charge < -0.3 is 10.1 Å². The van der Waals surface area contributed by atoms with Crippen molar-refractivity contribution in [2.45, 2.75) is 51.7 Å². The lowest BCUT2D eigenvalue weighted by atomic mass is 9.89. The van der Waals surface area contributed by atoms with Gasteiger partial charge in [-0.2, -0.15) is 0 Å². The summed E-state index contributed by atoms with van der Waals surface area (Å²) >= 11 is 0. The van der Waals surface area contributed by atoms with Crippen LogP contribution in [0.5, 0.6) is 0 Å². The predicted molar refractivity (Wildman–Crippen MR) is 76.0 cm³/mol. The molecule has 0 spiro atoms. The molecule has 1 aromatic rings. The molecule has 2 atom stereocenters. The fraction of sp³-hybridized carbons (Fsp3) is 0.562. The minimum absolute atomic E-state index is 0.0591. The Balaban J connectivity index is 1.91. The highest BCUT2D eigenvalue weighted by Crippen LogP contribution is 2.32. The molecule has 3 nitrogen and oxygen atoms in total. The van der Waals surface area contributed by atoms with Crippen LogP contribution in [-0.2, 0) is 16.0 Å². The van der Waals surface area contributed by atoms with Crippen molar-refractivity contribution in [2.24, 2.45) is 0 Å². The number of esters is 1. The molecule has 0 saturated heterocycles. The minimum atomic E-state index is -0.151. The molecular formula is C16H23NO2. The number of nitrogens with one attached hydrogen (secondary N) is 1. The number of hydrogen-bond donors (Lipinski definition) is 1. The lowest BCUT2D eigenvalue weighted by Crippen LogP contribution is -2.32. The number of hydrogen-bond acceptors (Lipinski definition) is 3. The van der Waals surface area contributed by atoms with Gasteiger partial charge in [0.2, 0.25) is 0 Å². The predicted octanol–water partition coefficient (Wildman–Crippen LogP) is 3.00. The summed E-state index contributed by atoms with van der Waals surface area (Å²) in [6.45, 7) is 4.47. The second-order valence-electron chi connectivity index (χ2n) is 5.26. The van der Waals surface area contributed by atoms with Crippen LogP contribution < -0.4 is 5.32 Å². The van der Waals surface area contributed by atoms with Crippen LogP contribution in [0.15, 0.2) is 24.3 Å². The first-order valence-electron chi connectivity index (χ1n) is 7.21. The molecule has 0 bridgehead atoms. The maximum absolute atomic E-state index is 11.9. The van der Waals surface area contributed by atoms with Crippen LogP contribution in [0.25, 0.3) is 0 Å². The second-order valence-corrected chi connectivity index (χ2v) is 5.26. The molecule has 1 aliphatic carbocycles. The van der Waals surface area contributed by atoms with E-state index in [1.807, 2.05) is 12.1 Å². The quantitative estimate of drug-likeness (QED) is 0.828. The van der Waals surface area contributed by atoms with Gasteiger partial charge in [0.25, 0.3) is 0 Å². The SMILES string of the molecule is CCC(C)NCC(=O)OC1CCCc2ccccc21. The lowest BCUT2D eigenvalue weighted by Gasteiger charge is -2.25. The molecule has 2 rings (SSSR count). The van der Waals surface area contributed by atoms with Gasteiger partial charge in [-0.05, 0) is 43.7 Å². The third-order valence-electron chi connectivity index (χ3n) is 3.80. The Hall–Kier alpha value is -1.35. The molecule has 0 aliphatic heterocycles. The zero-order valence-corrected chi connectivity index (χ0v) is 11.8. The molecule has 104 valence electrons. The monoisotopic (exact) mass is 261 g/mol. The highest BCUT2D eigenvalue weighted by Gasteiger charge is 2.23. The highest BCUT2D eigenvalue weighted by molar-refractivity contribution is 5.72. The number of rotatable bonds is 5. The van der Waals surface area contributed by atoms with Gasteiger partial charge in [-0.15, -0.1) is 0 Å². The molecule has 1 aromatic carbocycles. The van der Waals surface area contributed by atoms with Gasteiger partial charge in [0.1, 0.15) is 6.10 Å². The smallest absolute Gasteiger partial charge is 0.320 e. The summed E-state index contributed by atoms with van der Waals surface area (Å²) in [5, 5.41) is 3.17. The molecule has 1 aliphatic rings. The van der Waals surface area contributed by atoms with Crippen LogP contribution in [-0.4, -0.2) is 18.6 Å². The van der Waals surface area contributed by atoms with E-state index in [1.165, 1.54) is 11.1 Å². The van der Waals surface area contributed by atoms with E-state index in [0.29, 0.717) is 12.6 Å². The normalized spacial score (nSPS) is 19.6. The Kier molecular flexibility index (Phi) is 4.97. The summed E-state index contributed by atoms with van der Waals surface area (Å²) in [5.41, 5.74) is 2.51. The zero-order valence-electron chi connectivity index (χ0n) is 11.8. The largest absolute Gasteiger partial charge is 0.457 e. The molecule has 0 heterocycles. The van der Waals surface area contributed by atoms with Crippen molar-refractivity contribution in [3.63, 3.8) is 0 Å². The van der Waals surface area contributed by atoms with Gasteiger partial charge in [0.05, 0.1) is 6.54 Å². The maximum Gasteiger partial charge on any atom is 0.320 e. The highest BCUT2D eigenvalue weighted by atomic mass is 16.5. The van der Waals surface area contributed by atoms with Crippen LogP contribution in [0.4, 0.5) is 0 Å². The van der Waals surface area contributed by atoms with E-state index >= 15 is 0 Å². The van der Waals surface area contributed by atoms with Crippen LogP contribution in [0, 0.1) is 0 Å². The van der Waals surface area contributed by atoms with Crippen molar-refractivity contribution < 1.29 is 9.53 Å². The summed E-state index contributed by atoms with van der Waals surface area (Å²) in [5.74, 6) is -0.151. The first-order chi connectivity index (χ1) is 9.20. The van der Waals surface area contributed by atoms with E-state index in [4.69, 9.17) is 4.74 Å². The molecule has 2 unspecified atom stereocenters. The summed E-state index contributed by atoms with van der Waals surface area (Å²) < 4.78 is 5.61. The Labute approximate surface area is 115 Å². The first kappa shape index (κ1) is 14.1. The van der Waals surface area contributed by atoms with Crippen LogP contribution in [0.3, 0.4) is 0 Å². The average molecular weight is 261 g/mol. The van der Waals surface area contributed by atoms with E-state index in [1.54, 1.807) is 0 Å². The topological polar surface area (TPSA) is 38.3 Å². The number of aryl methyl sites for hydroxylation is 1. The van der Waals surface area contributed by atoms with Crippen molar-refractivity contribution in [3.8, 4) is 0 Å². The van der Waals surface area contributed by atoms with Gasteiger partial charge in [0, 0.05) is 6.04 Å². The number of carbonyl (C=O) groups excluding carboxylic acids is 1. The Morgan fingerprint density at radius 1 is 1.47 bits per heavy atom. The molecule has 0 saturated carbocycles. The van der Waals surface area contributed by atoms with Crippen LogP contribution >= 0.6 is 0 Å². The number of fused-ring (bicyclic) bond motifs is 1. The summed E-state index contributed by atoms with van der Waals surface area (Å²) in [6.07, 6.45) is 4.07. The van der Waals surface area contributed by atoms with Gasteiger partial charge >= 0.3 is 5.97 Å². The third-order valence-corrected chi connectivity index (χ3v) is 3.80. The summed E-state index contributed by atoms with van der Waals surface area (Å²) in [6, 6.07) is 8.63. The van der Waals surface area contributed by atoms with Gasteiger partial charge in [-0.25, -0.2) is 0 Å². The Bertz CT molecular complexity index is 431. The summed E-state index contributed by atoms with van der Waals surface area (Å²) in [7, 11) is 0. The Morgan fingerprint density at radius 3 is 3.05 bits per heavy atom. The van der Waals surface area contributed by atoms with Crippen molar-refractivity contribution in [1.82, 2.24) is 5.32 Å². The number of carbonyl (C=O) groups is 1. The molecule has 19 heavy (non-hydrogen) atoms. The number of benzene rings is 1. The first-order valence-corrected chi connectivity index (χ1v) is 7.21. The molecule has 0 fully saturated rings. The molecule has 0 amide bonds. The lowest BCUT2D eigenvalue weighted by molar-refractivity contribution is -0.149. The van der Waals surface area contributed by atoms with Gasteiger partial charge in [-0.1, -0.05) is 31.2 Å². The fourth-order valence-electron chi connectivity index (χ4n) is 2.43. The van der Waals surface area contributed by atoms with E-state index in [2.05, 4.69) is 31.3 Å². The molecule has 0 radical (unpaired) electrons. The second kappa shape index (κ2) is 6.71. The minimum Gasteiger partial charge on any atom is -0.457 e. The Morgan fingerprint density at radius 2 is 2.26 bits per heavy atom. The average Bonchev–Trinajstić information content (AvgIpc) is 2.45. The maximum atomic E-state index is 11.9. The molecule has 1 N–H and O–H groups in total. The number of ether oxygens (including phenoxy) is 1. The molecule has 0 aromatic heterocycles. The van der Waals surface area contributed by atoms with E-state index in [0.717, 1.165) is 25.7 Å². The van der Waals surface area contributed by atoms with Crippen molar-refractivity contribution in [2.75, 3.05) is 6.54 Å². The van der Waals surface area contributed by atoms with E-state index < -0.39 is 0 Å². The standard InChI is InChI=1S/C16H23NO2/c1-3-12(2)17-11-16(18)19-15-10-6-8-13-7-4-5-9-14(13)15/h4-5,7,9,12,15,17H,3,6,8,10-11H2,1-2H3. The van der Waals surface area contributed by atoms with Gasteiger partial charge in [-0.3, -0.25) is 4.79 Å². The van der Waals surface area contributed by atoms with E-state index in [9.17, 15) is 4.79 Å². The van der Waals surface area contributed by atoms with Crippen LogP contribution in [0.1, 0.15) is 50.3 Å². The van der Waals surface area contributed by atoms with E-state index in [-0.39, 0.29) is 12.1 Å². The molecule has 3 heteroatoms. The zero-order chi connectivity index (χ0) is 13.7. The molecular weight excluding hydrogens is 238 g/mol. The van der Waals surface area contributed by atoms with Crippen molar-refractivity contribution in [3.05, 3.63) is 35.4 Å². The van der Waals surface area contributed by atoms with Crippen LogP contribution in [0.2, 0.25) is 0 Å². The van der Waals surface area contributed by atoms with Crippen molar-refractivity contribution in [1.29, 1.82) is 0 Å². The van der Waals surface area contributed by atoms with Crippen molar-refractivity contribution >= 4 is 5.97 Å². The van der Waals surface area contributed by atoms with Gasteiger partial charge in [0.15, 0.2) is 0 Å². The fourth-order valence-corrected chi connectivity index (χ4v) is 2.43.